The van der Waals surface area contributed by atoms with Gasteiger partial charge in [-0.3, -0.25) is 4.79 Å². The van der Waals surface area contributed by atoms with Crippen molar-refractivity contribution in [1.29, 1.82) is 0 Å². The quantitative estimate of drug-likeness (QED) is 0.340. The summed E-state index contributed by atoms with van der Waals surface area (Å²) in [6.45, 7) is 6.97. The Labute approximate surface area is 193 Å². The molecule has 4 rings (SSSR count). The summed E-state index contributed by atoms with van der Waals surface area (Å²) in [5.74, 6) is 1.06. The van der Waals surface area contributed by atoms with Gasteiger partial charge in [-0.1, -0.05) is 36.9 Å². The number of thioether (sulfide) groups is 1. The Bertz CT molecular complexity index is 1190. The molecule has 9 nitrogen and oxygen atoms in total. The first-order valence-corrected chi connectivity index (χ1v) is 12.0. The average molecular weight is 470 g/mol. The maximum absolute atomic E-state index is 13.0. The number of aryl methyl sites for hydroxylation is 1. The fraction of sp³-hybridized carbons (Fsp3) is 0.333. The minimum absolute atomic E-state index is 0.0387. The monoisotopic (exact) mass is 469 g/mol. The van der Waals surface area contributed by atoms with Gasteiger partial charge in [0.15, 0.2) is 0 Å². The number of hydrogen-bond acceptors (Lipinski definition) is 9. The second-order valence-electron chi connectivity index (χ2n) is 7.17. The van der Waals surface area contributed by atoms with Crippen LogP contribution in [0.15, 0.2) is 45.3 Å². The molecule has 3 aromatic heterocycles. The molecule has 0 saturated carbocycles. The number of amides is 1. The van der Waals surface area contributed by atoms with Crippen LogP contribution in [0.2, 0.25) is 0 Å². The molecule has 0 spiro atoms. The average Bonchev–Trinajstić information content (AvgIpc) is 3.55. The van der Waals surface area contributed by atoms with Crippen molar-refractivity contribution in [2.45, 2.75) is 38.9 Å². The van der Waals surface area contributed by atoms with Gasteiger partial charge in [-0.05, 0) is 59.3 Å². The van der Waals surface area contributed by atoms with Crippen LogP contribution in [0.3, 0.4) is 0 Å². The van der Waals surface area contributed by atoms with Crippen molar-refractivity contribution in [3.63, 3.8) is 0 Å². The largest absolute Gasteiger partial charge is 0.418 e. The topological polar surface area (TPSA) is 103 Å². The van der Waals surface area contributed by atoms with Gasteiger partial charge in [-0.25, -0.2) is 0 Å². The van der Waals surface area contributed by atoms with E-state index in [9.17, 15) is 4.79 Å². The van der Waals surface area contributed by atoms with Crippen molar-refractivity contribution < 1.29 is 9.21 Å². The lowest BCUT2D eigenvalue weighted by molar-refractivity contribution is -0.129. The fourth-order valence-electron chi connectivity index (χ4n) is 3.15. The zero-order chi connectivity index (χ0) is 22.5. The van der Waals surface area contributed by atoms with Gasteiger partial charge in [-0.15, -0.1) is 26.6 Å². The van der Waals surface area contributed by atoms with Crippen LogP contribution in [-0.2, 0) is 11.3 Å². The zero-order valence-electron chi connectivity index (χ0n) is 18.1. The Balaban J connectivity index is 1.43. The molecule has 11 heteroatoms. The predicted molar refractivity (Wildman–Crippen MR) is 123 cm³/mol. The molecule has 0 aliphatic rings. The van der Waals surface area contributed by atoms with E-state index in [2.05, 4.69) is 25.7 Å². The molecule has 0 aliphatic carbocycles. The van der Waals surface area contributed by atoms with E-state index in [1.54, 1.807) is 9.58 Å². The van der Waals surface area contributed by atoms with E-state index < -0.39 is 0 Å². The first kappa shape index (κ1) is 22.2. The predicted octanol–water partition coefficient (Wildman–Crippen LogP) is 3.92. The highest BCUT2D eigenvalue weighted by atomic mass is 32.2. The first-order chi connectivity index (χ1) is 15.6. The standard InChI is InChI=1S/C21H23N7O2S2/c1-4-10-27(12-18-22-23-20(30-18)17-9-6-11-31-17)19(29)13-32-21-24-25-26-28(21)16-8-5-7-14(2)15(16)3/h5-9,11H,4,10,12-13H2,1-3H3. The highest BCUT2D eigenvalue weighted by Gasteiger charge is 2.20. The van der Waals surface area contributed by atoms with Crippen molar-refractivity contribution in [3.8, 4) is 16.5 Å². The smallest absolute Gasteiger partial charge is 0.257 e. The van der Waals surface area contributed by atoms with Gasteiger partial charge >= 0.3 is 0 Å². The molecule has 0 radical (unpaired) electrons. The van der Waals surface area contributed by atoms with E-state index in [-0.39, 0.29) is 18.2 Å². The lowest BCUT2D eigenvalue weighted by atomic mass is 10.1. The molecule has 0 atom stereocenters. The molecule has 0 bridgehead atoms. The second kappa shape index (κ2) is 10.0. The number of carbonyl (C=O) groups is 1. The van der Waals surface area contributed by atoms with E-state index in [0.717, 1.165) is 28.1 Å². The van der Waals surface area contributed by atoms with Crippen LogP contribution in [0.5, 0.6) is 0 Å². The third kappa shape index (κ3) is 4.89. The minimum Gasteiger partial charge on any atom is -0.418 e. The number of hydrogen-bond donors (Lipinski definition) is 0. The van der Waals surface area contributed by atoms with Gasteiger partial charge < -0.3 is 9.32 Å². The summed E-state index contributed by atoms with van der Waals surface area (Å²) in [5.41, 5.74) is 3.15. The summed E-state index contributed by atoms with van der Waals surface area (Å²) in [5, 5.41) is 22.8. The van der Waals surface area contributed by atoms with Crippen molar-refractivity contribution in [1.82, 2.24) is 35.3 Å². The van der Waals surface area contributed by atoms with Gasteiger partial charge in [-0.2, -0.15) is 4.68 Å². The maximum atomic E-state index is 13.0. The molecule has 0 N–H and O–H groups in total. The molecule has 0 aliphatic heterocycles. The van der Waals surface area contributed by atoms with Gasteiger partial charge in [0, 0.05) is 6.54 Å². The number of thiophene rings is 1. The molecule has 4 aromatic rings. The van der Waals surface area contributed by atoms with Crippen molar-refractivity contribution in [2.24, 2.45) is 0 Å². The summed E-state index contributed by atoms with van der Waals surface area (Å²) in [6.07, 6.45) is 0.822. The molecular weight excluding hydrogens is 446 g/mol. The Morgan fingerprint density at radius 3 is 2.84 bits per heavy atom. The summed E-state index contributed by atoms with van der Waals surface area (Å²) >= 11 is 2.84. The highest BCUT2D eigenvalue weighted by Crippen LogP contribution is 2.25. The number of nitrogens with zero attached hydrogens (tertiary/aromatic N) is 7. The van der Waals surface area contributed by atoms with Gasteiger partial charge in [0.2, 0.25) is 17.0 Å². The number of benzene rings is 1. The van der Waals surface area contributed by atoms with E-state index in [0.29, 0.717) is 23.5 Å². The lowest BCUT2D eigenvalue weighted by Crippen LogP contribution is -2.33. The van der Waals surface area contributed by atoms with Crippen LogP contribution in [0.25, 0.3) is 16.5 Å². The van der Waals surface area contributed by atoms with Crippen LogP contribution in [-0.4, -0.2) is 53.5 Å². The second-order valence-corrected chi connectivity index (χ2v) is 9.06. The van der Waals surface area contributed by atoms with Gasteiger partial charge in [0.05, 0.1) is 22.9 Å². The zero-order valence-corrected chi connectivity index (χ0v) is 19.7. The first-order valence-electron chi connectivity index (χ1n) is 10.2. The van der Waals surface area contributed by atoms with Gasteiger partial charge in [0.25, 0.3) is 5.89 Å². The SMILES string of the molecule is CCCN(Cc1nnc(-c2cccs2)o1)C(=O)CSc1nnnn1-c1cccc(C)c1C. The molecule has 1 aromatic carbocycles. The minimum atomic E-state index is -0.0387. The van der Waals surface area contributed by atoms with E-state index in [1.165, 1.54) is 23.1 Å². The Hall–Kier alpha value is -3.05. The molecule has 1 amide bonds. The van der Waals surface area contributed by atoms with Crippen LogP contribution >= 0.6 is 23.1 Å². The van der Waals surface area contributed by atoms with Crippen LogP contribution in [0.4, 0.5) is 0 Å². The molecule has 0 saturated heterocycles. The molecule has 3 heterocycles. The number of carbonyl (C=O) groups excluding carboxylic acids is 1. The van der Waals surface area contributed by atoms with Crippen molar-refractivity contribution in [3.05, 3.63) is 52.7 Å². The Morgan fingerprint density at radius 2 is 2.06 bits per heavy atom. The van der Waals surface area contributed by atoms with E-state index in [1.807, 2.05) is 56.5 Å². The molecule has 32 heavy (non-hydrogen) atoms. The third-order valence-corrected chi connectivity index (χ3v) is 6.70. The Kier molecular flexibility index (Phi) is 6.96. The Morgan fingerprint density at radius 1 is 1.19 bits per heavy atom. The summed E-state index contributed by atoms with van der Waals surface area (Å²) in [4.78, 5) is 15.6. The normalized spacial score (nSPS) is 11.1. The molecule has 0 unspecified atom stereocenters. The molecule has 0 fully saturated rings. The van der Waals surface area contributed by atoms with Crippen molar-refractivity contribution in [2.75, 3.05) is 12.3 Å². The fourth-order valence-corrected chi connectivity index (χ4v) is 4.58. The van der Waals surface area contributed by atoms with E-state index >= 15 is 0 Å². The summed E-state index contributed by atoms with van der Waals surface area (Å²) < 4.78 is 7.43. The number of rotatable bonds is 9. The maximum Gasteiger partial charge on any atom is 0.257 e. The van der Waals surface area contributed by atoms with Crippen LogP contribution in [0, 0.1) is 13.8 Å². The van der Waals surface area contributed by atoms with E-state index in [4.69, 9.17) is 4.42 Å². The lowest BCUT2D eigenvalue weighted by Gasteiger charge is -2.20. The van der Waals surface area contributed by atoms with Gasteiger partial charge in [0.1, 0.15) is 0 Å². The molecular formula is C21H23N7O2S2. The third-order valence-electron chi connectivity index (χ3n) is 4.94. The number of tetrazole rings is 1. The van der Waals surface area contributed by atoms with Crippen LogP contribution in [0.1, 0.15) is 30.4 Å². The van der Waals surface area contributed by atoms with Crippen molar-refractivity contribution >= 4 is 29.0 Å². The molecule has 166 valence electrons. The summed E-state index contributed by atoms with van der Waals surface area (Å²) in [7, 11) is 0. The van der Waals surface area contributed by atoms with Crippen LogP contribution < -0.4 is 0 Å². The summed E-state index contributed by atoms with van der Waals surface area (Å²) in [6, 6.07) is 9.84. The number of aromatic nitrogens is 6. The highest BCUT2D eigenvalue weighted by molar-refractivity contribution is 7.99.